The highest BCUT2D eigenvalue weighted by molar-refractivity contribution is 7.89. The summed E-state index contributed by atoms with van der Waals surface area (Å²) in [6, 6.07) is 13.0. The summed E-state index contributed by atoms with van der Waals surface area (Å²) in [7, 11) is -2.50. The van der Waals surface area contributed by atoms with Crippen LogP contribution in [-0.4, -0.2) is 55.1 Å². The first-order valence-electron chi connectivity index (χ1n) is 12.5. The van der Waals surface area contributed by atoms with Crippen LogP contribution in [0.25, 0.3) is 0 Å². The van der Waals surface area contributed by atoms with Gasteiger partial charge in [0.1, 0.15) is 6.04 Å². The Bertz CT molecular complexity index is 1150. The highest BCUT2D eigenvalue weighted by Gasteiger charge is 2.33. The van der Waals surface area contributed by atoms with Crippen molar-refractivity contribution in [3.05, 3.63) is 64.7 Å². The van der Waals surface area contributed by atoms with Crippen molar-refractivity contribution in [2.24, 2.45) is 0 Å². The van der Waals surface area contributed by atoms with Crippen LogP contribution in [0.15, 0.2) is 53.4 Å². The lowest BCUT2D eigenvalue weighted by Gasteiger charge is -2.33. The summed E-state index contributed by atoms with van der Waals surface area (Å²) < 4.78 is 27.2. The number of nitrogens with one attached hydrogen (secondary N) is 1. The van der Waals surface area contributed by atoms with Crippen LogP contribution in [0.1, 0.15) is 56.6 Å². The van der Waals surface area contributed by atoms with E-state index in [1.807, 2.05) is 19.9 Å². The number of rotatable bonds is 10. The number of carbonyl (C=O) groups excluding carboxylic acids is 2. The van der Waals surface area contributed by atoms with Gasteiger partial charge in [0.25, 0.3) is 0 Å². The normalized spacial score (nSPS) is 15.5. The van der Waals surface area contributed by atoms with Gasteiger partial charge in [-0.05, 0) is 49.9 Å². The van der Waals surface area contributed by atoms with Crippen LogP contribution in [0.3, 0.4) is 0 Å². The molecule has 1 saturated carbocycles. The van der Waals surface area contributed by atoms with Crippen LogP contribution >= 0.6 is 11.6 Å². The van der Waals surface area contributed by atoms with Gasteiger partial charge in [-0.15, -0.1) is 0 Å². The van der Waals surface area contributed by atoms with Crippen molar-refractivity contribution in [2.75, 3.05) is 13.6 Å². The van der Waals surface area contributed by atoms with Gasteiger partial charge in [0.2, 0.25) is 21.8 Å². The molecule has 0 heterocycles. The van der Waals surface area contributed by atoms with Gasteiger partial charge < -0.3 is 10.2 Å². The van der Waals surface area contributed by atoms with Crippen molar-refractivity contribution < 1.29 is 18.0 Å². The molecule has 1 unspecified atom stereocenters. The number of benzene rings is 2. The predicted octanol–water partition coefficient (Wildman–Crippen LogP) is 4.53. The van der Waals surface area contributed by atoms with E-state index in [9.17, 15) is 18.0 Å². The first kappa shape index (κ1) is 28.2. The average molecular weight is 534 g/mol. The molecule has 2 amide bonds. The van der Waals surface area contributed by atoms with Gasteiger partial charge in [-0.25, -0.2) is 8.42 Å². The largest absolute Gasteiger partial charge is 0.352 e. The van der Waals surface area contributed by atoms with Crippen LogP contribution in [0.4, 0.5) is 0 Å². The molecule has 0 aliphatic heterocycles. The number of halogens is 1. The van der Waals surface area contributed by atoms with Crippen molar-refractivity contribution in [2.45, 2.75) is 75.9 Å². The van der Waals surface area contributed by atoms with Crippen LogP contribution in [0.2, 0.25) is 5.02 Å². The molecule has 1 atom stereocenters. The maximum Gasteiger partial charge on any atom is 0.243 e. The fourth-order valence-corrected chi connectivity index (χ4v) is 5.85. The summed E-state index contributed by atoms with van der Waals surface area (Å²) in [5.74, 6) is -0.674. The maximum absolute atomic E-state index is 13.6. The van der Waals surface area contributed by atoms with E-state index in [0.717, 1.165) is 35.6 Å². The van der Waals surface area contributed by atoms with Crippen LogP contribution in [0.5, 0.6) is 0 Å². The van der Waals surface area contributed by atoms with Gasteiger partial charge in [-0.3, -0.25) is 9.59 Å². The van der Waals surface area contributed by atoms with Gasteiger partial charge in [-0.1, -0.05) is 73.7 Å². The molecule has 1 N–H and O–H groups in total. The lowest BCUT2D eigenvalue weighted by molar-refractivity contribution is -0.141. The molecule has 0 saturated heterocycles. The quantitative estimate of drug-likeness (QED) is 0.486. The van der Waals surface area contributed by atoms with Gasteiger partial charge in [0.15, 0.2) is 0 Å². The van der Waals surface area contributed by atoms with Crippen LogP contribution in [0, 0.1) is 6.92 Å². The number of amides is 2. The van der Waals surface area contributed by atoms with Crippen molar-refractivity contribution in [3.8, 4) is 0 Å². The number of aryl methyl sites for hydroxylation is 1. The summed E-state index contributed by atoms with van der Waals surface area (Å²) in [4.78, 5) is 28.5. The predicted molar refractivity (Wildman–Crippen MR) is 142 cm³/mol. The van der Waals surface area contributed by atoms with Gasteiger partial charge in [-0.2, -0.15) is 4.31 Å². The number of carbonyl (C=O) groups is 2. The second-order valence-electron chi connectivity index (χ2n) is 9.45. The molecule has 196 valence electrons. The third kappa shape index (κ3) is 7.08. The van der Waals surface area contributed by atoms with Crippen molar-refractivity contribution in [1.82, 2.24) is 14.5 Å². The Labute approximate surface area is 219 Å². The van der Waals surface area contributed by atoms with Crippen molar-refractivity contribution in [1.29, 1.82) is 0 Å². The van der Waals surface area contributed by atoms with Crippen molar-refractivity contribution in [3.63, 3.8) is 0 Å². The van der Waals surface area contributed by atoms with E-state index >= 15 is 0 Å². The minimum atomic E-state index is -3.88. The molecule has 0 radical (unpaired) electrons. The topological polar surface area (TPSA) is 86.8 Å². The first-order chi connectivity index (χ1) is 17.1. The fourth-order valence-electron chi connectivity index (χ4n) is 4.53. The average Bonchev–Trinajstić information content (AvgIpc) is 2.85. The molecule has 0 aromatic heterocycles. The molecule has 1 aliphatic carbocycles. The highest BCUT2D eigenvalue weighted by Crippen LogP contribution is 2.22. The maximum atomic E-state index is 13.6. The first-order valence-corrected chi connectivity index (χ1v) is 14.3. The molecule has 1 aliphatic rings. The molecule has 0 bridgehead atoms. The van der Waals surface area contributed by atoms with E-state index in [1.165, 1.54) is 30.5 Å². The minimum absolute atomic E-state index is 0.0992. The molecule has 3 rings (SSSR count). The SMILES string of the molecule is CCC(C(=O)NC1CCCCC1)N(Cc1ccccc1Cl)C(=O)CN(C)S(=O)(=O)c1ccc(C)cc1. The van der Waals surface area contributed by atoms with Gasteiger partial charge >= 0.3 is 0 Å². The van der Waals surface area contributed by atoms with E-state index in [1.54, 1.807) is 30.3 Å². The molecule has 1 fully saturated rings. The molecule has 9 heteroatoms. The van der Waals surface area contributed by atoms with E-state index < -0.39 is 28.5 Å². The number of likely N-dealkylation sites (N-methyl/N-ethyl adjacent to an activating group) is 1. The summed E-state index contributed by atoms with van der Waals surface area (Å²) in [6.07, 6.45) is 5.57. The summed E-state index contributed by atoms with van der Waals surface area (Å²) in [5, 5.41) is 3.61. The molecule has 7 nitrogen and oxygen atoms in total. The summed E-state index contributed by atoms with van der Waals surface area (Å²) in [6.45, 7) is 3.44. The lowest BCUT2D eigenvalue weighted by atomic mass is 9.95. The Morgan fingerprint density at radius 3 is 2.31 bits per heavy atom. The smallest absolute Gasteiger partial charge is 0.243 e. The van der Waals surface area contributed by atoms with E-state index in [4.69, 9.17) is 11.6 Å². The fraction of sp³-hybridized carbons (Fsp3) is 0.481. The molecule has 2 aromatic rings. The number of hydrogen-bond donors (Lipinski definition) is 1. The molecular weight excluding hydrogens is 498 g/mol. The van der Waals surface area contributed by atoms with Gasteiger partial charge in [0.05, 0.1) is 11.4 Å². The highest BCUT2D eigenvalue weighted by atomic mass is 35.5. The molecule has 36 heavy (non-hydrogen) atoms. The van der Waals surface area contributed by atoms with Crippen LogP contribution in [-0.2, 0) is 26.2 Å². The molecule has 2 aromatic carbocycles. The Morgan fingerprint density at radius 2 is 1.69 bits per heavy atom. The minimum Gasteiger partial charge on any atom is -0.352 e. The standard InChI is InChI=1S/C27H36ClN3O4S/c1-4-25(27(33)29-22-11-6-5-7-12-22)31(18-21-10-8-9-13-24(21)28)26(32)19-30(3)36(34,35)23-16-14-20(2)15-17-23/h8-10,13-17,22,25H,4-7,11-12,18-19H2,1-3H3,(H,29,33). The zero-order valence-electron chi connectivity index (χ0n) is 21.2. The van der Waals surface area contributed by atoms with Gasteiger partial charge in [0, 0.05) is 24.7 Å². The third-order valence-electron chi connectivity index (χ3n) is 6.72. The van der Waals surface area contributed by atoms with Crippen LogP contribution < -0.4 is 5.32 Å². The van der Waals surface area contributed by atoms with E-state index in [0.29, 0.717) is 17.0 Å². The van der Waals surface area contributed by atoms with Crippen molar-refractivity contribution >= 4 is 33.4 Å². The number of nitrogens with zero attached hydrogens (tertiary/aromatic N) is 2. The Hall–Kier alpha value is -2.42. The van der Waals surface area contributed by atoms with E-state index in [2.05, 4.69) is 5.32 Å². The monoisotopic (exact) mass is 533 g/mol. The lowest BCUT2D eigenvalue weighted by Crippen LogP contribution is -2.53. The Balaban J connectivity index is 1.84. The molecular formula is C27H36ClN3O4S. The number of hydrogen-bond acceptors (Lipinski definition) is 4. The zero-order chi connectivity index (χ0) is 26.3. The summed E-state index contributed by atoms with van der Waals surface area (Å²) >= 11 is 6.38. The summed E-state index contributed by atoms with van der Waals surface area (Å²) in [5.41, 5.74) is 1.63. The molecule has 0 spiro atoms. The Morgan fingerprint density at radius 1 is 1.06 bits per heavy atom. The second-order valence-corrected chi connectivity index (χ2v) is 11.9. The zero-order valence-corrected chi connectivity index (χ0v) is 22.8. The second kappa shape index (κ2) is 12.7. The number of sulfonamides is 1. The Kier molecular flexibility index (Phi) is 9.93. The third-order valence-corrected chi connectivity index (χ3v) is 8.91. The van der Waals surface area contributed by atoms with E-state index in [-0.39, 0.29) is 23.4 Å².